The molecule has 0 aliphatic heterocycles. The number of ether oxygens (including phenoxy) is 1. The Morgan fingerprint density at radius 3 is 2.74 bits per heavy atom. The quantitative estimate of drug-likeness (QED) is 0.917. The largest absolute Gasteiger partial charge is 0.490 e. The number of rotatable bonds is 4. The molecule has 1 aliphatic rings. The maximum Gasteiger partial charge on any atom is 0.121 e. The first-order valence-corrected chi connectivity index (χ1v) is 7.49. The molecule has 1 fully saturated rings. The van der Waals surface area contributed by atoms with Crippen LogP contribution in [0.15, 0.2) is 35.7 Å². The zero-order valence-corrected chi connectivity index (χ0v) is 12.0. The molecule has 19 heavy (non-hydrogen) atoms. The van der Waals surface area contributed by atoms with Crippen molar-refractivity contribution in [2.45, 2.75) is 38.4 Å². The van der Waals surface area contributed by atoms with Gasteiger partial charge >= 0.3 is 0 Å². The Labute approximate surface area is 117 Å². The number of hydrogen-bond donors (Lipinski definition) is 1. The van der Waals surface area contributed by atoms with Gasteiger partial charge in [-0.05, 0) is 61.4 Å². The molecule has 0 spiro atoms. The molecule has 1 aliphatic carbocycles. The van der Waals surface area contributed by atoms with Crippen LogP contribution in [0.25, 0.3) is 0 Å². The van der Waals surface area contributed by atoms with E-state index in [4.69, 9.17) is 4.74 Å². The van der Waals surface area contributed by atoms with E-state index in [1.54, 1.807) is 11.3 Å². The van der Waals surface area contributed by atoms with Crippen molar-refractivity contribution in [1.82, 2.24) is 0 Å². The van der Waals surface area contributed by atoms with E-state index in [9.17, 15) is 5.11 Å². The van der Waals surface area contributed by atoms with E-state index in [1.165, 1.54) is 0 Å². The molecular formula is C16H18O2S. The SMILES string of the molecule is Cc1ccsc1C(C)(O)c1cccc(OC2CC2)c1. The van der Waals surface area contributed by atoms with Crippen LogP contribution in [0.1, 0.15) is 35.8 Å². The minimum absolute atomic E-state index is 0.378. The first-order chi connectivity index (χ1) is 9.07. The summed E-state index contributed by atoms with van der Waals surface area (Å²) in [7, 11) is 0. The third kappa shape index (κ3) is 2.53. The predicted molar refractivity (Wildman–Crippen MR) is 77.8 cm³/mol. The van der Waals surface area contributed by atoms with Crippen molar-refractivity contribution < 1.29 is 9.84 Å². The van der Waals surface area contributed by atoms with Crippen LogP contribution < -0.4 is 4.74 Å². The summed E-state index contributed by atoms with van der Waals surface area (Å²) in [6, 6.07) is 9.86. The molecule has 2 nitrogen and oxygen atoms in total. The lowest BCUT2D eigenvalue weighted by molar-refractivity contribution is 0.105. The molecule has 0 radical (unpaired) electrons. The third-order valence-corrected chi connectivity index (χ3v) is 4.75. The van der Waals surface area contributed by atoms with Crippen molar-refractivity contribution in [3.8, 4) is 5.75 Å². The van der Waals surface area contributed by atoms with Gasteiger partial charge in [0.05, 0.1) is 6.10 Å². The molecule has 0 amide bonds. The summed E-state index contributed by atoms with van der Waals surface area (Å²) in [6.07, 6.45) is 2.67. The fourth-order valence-corrected chi connectivity index (χ4v) is 3.26. The van der Waals surface area contributed by atoms with Crippen molar-refractivity contribution in [3.63, 3.8) is 0 Å². The van der Waals surface area contributed by atoms with Gasteiger partial charge in [-0.3, -0.25) is 0 Å². The van der Waals surface area contributed by atoms with Crippen LogP contribution in [0, 0.1) is 6.92 Å². The highest BCUT2D eigenvalue weighted by Crippen LogP contribution is 2.37. The molecular weight excluding hydrogens is 256 g/mol. The first kappa shape index (κ1) is 12.7. The van der Waals surface area contributed by atoms with Crippen LogP contribution in [-0.4, -0.2) is 11.2 Å². The Bertz CT molecular complexity index is 582. The molecule has 3 rings (SSSR count). The van der Waals surface area contributed by atoms with Gasteiger partial charge in [0.15, 0.2) is 0 Å². The maximum atomic E-state index is 10.9. The molecule has 1 aromatic heterocycles. The summed E-state index contributed by atoms with van der Waals surface area (Å²) in [5.41, 5.74) is 1.06. The average Bonchev–Trinajstić information content (AvgIpc) is 3.08. The van der Waals surface area contributed by atoms with Crippen LogP contribution in [0.5, 0.6) is 5.75 Å². The number of benzene rings is 1. The van der Waals surface area contributed by atoms with Gasteiger partial charge in [0, 0.05) is 4.88 Å². The van der Waals surface area contributed by atoms with E-state index in [0.29, 0.717) is 6.10 Å². The van der Waals surface area contributed by atoms with E-state index in [2.05, 4.69) is 0 Å². The van der Waals surface area contributed by atoms with Crippen molar-refractivity contribution in [1.29, 1.82) is 0 Å². The van der Waals surface area contributed by atoms with E-state index in [1.807, 2.05) is 49.6 Å². The Morgan fingerprint density at radius 1 is 1.32 bits per heavy atom. The van der Waals surface area contributed by atoms with E-state index < -0.39 is 5.60 Å². The molecule has 1 atom stereocenters. The topological polar surface area (TPSA) is 29.5 Å². The summed E-state index contributed by atoms with van der Waals surface area (Å²) >= 11 is 1.59. The lowest BCUT2D eigenvalue weighted by Crippen LogP contribution is -2.22. The summed E-state index contributed by atoms with van der Waals surface area (Å²) < 4.78 is 5.80. The Morgan fingerprint density at radius 2 is 2.11 bits per heavy atom. The fraction of sp³-hybridized carbons (Fsp3) is 0.375. The molecule has 1 aromatic carbocycles. The van der Waals surface area contributed by atoms with Crippen LogP contribution in [0.3, 0.4) is 0 Å². The van der Waals surface area contributed by atoms with Crippen LogP contribution >= 0.6 is 11.3 Å². The second-order valence-electron chi connectivity index (χ2n) is 5.35. The van der Waals surface area contributed by atoms with E-state index in [0.717, 1.165) is 34.6 Å². The van der Waals surface area contributed by atoms with Crippen molar-refractivity contribution in [2.24, 2.45) is 0 Å². The second-order valence-corrected chi connectivity index (χ2v) is 6.27. The molecule has 1 saturated carbocycles. The van der Waals surface area contributed by atoms with Crippen LogP contribution in [0.4, 0.5) is 0 Å². The number of aryl methyl sites for hydroxylation is 1. The summed E-state index contributed by atoms with van der Waals surface area (Å²) in [6.45, 7) is 3.88. The molecule has 1 unspecified atom stereocenters. The smallest absolute Gasteiger partial charge is 0.121 e. The van der Waals surface area contributed by atoms with E-state index >= 15 is 0 Å². The summed E-state index contributed by atoms with van der Waals surface area (Å²) in [5, 5.41) is 12.9. The van der Waals surface area contributed by atoms with Gasteiger partial charge in [0.1, 0.15) is 11.4 Å². The highest BCUT2D eigenvalue weighted by atomic mass is 32.1. The molecule has 100 valence electrons. The van der Waals surface area contributed by atoms with Crippen LogP contribution in [0.2, 0.25) is 0 Å². The van der Waals surface area contributed by atoms with Gasteiger partial charge in [0.2, 0.25) is 0 Å². The van der Waals surface area contributed by atoms with E-state index in [-0.39, 0.29) is 0 Å². The zero-order valence-electron chi connectivity index (χ0n) is 11.2. The summed E-state index contributed by atoms with van der Waals surface area (Å²) in [4.78, 5) is 0.996. The Kier molecular flexibility index (Phi) is 3.11. The average molecular weight is 274 g/mol. The molecule has 0 bridgehead atoms. The van der Waals surface area contributed by atoms with Crippen molar-refractivity contribution in [2.75, 3.05) is 0 Å². The minimum atomic E-state index is -0.957. The molecule has 3 heteroatoms. The standard InChI is InChI=1S/C16H18O2S/c1-11-8-9-19-15(11)16(2,17)12-4-3-5-14(10-12)18-13-6-7-13/h3-5,8-10,13,17H,6-7H2,1-2H3. The predicted octanol–water partition coefficient (Wildman–Crippen LogP) is 3.85. The molecule has 0 saturated heterocycles. The van der Waals surface area contributed by atoms with Gasteiger partial charge in [-0.15, -0.1) is 11.3 Å². The Hall–Kier alpha value is -1.32. The fourth-order valence-electron chi connectivity index (χ4n) is 2.25. The Balaban J connectivity index is 1.93. The number of hydrogen-bond acceptors (Lipinski definition) is 3. The van der Waals surface area contributed by atoms with Gasteiger partial charge in [-0.2, -0.15) is 0 Å². The summed E-state index contributed by atoms with van der Waals surface area (Å²) in [5.74, 6) is 0.856. The molecule has 1 N–H and O–H groups in total. The molecule has 1 heterocycles. The lowest BCUT2D eigenvalue weighted by atomic mass is 9.92. The van der Waals surface area contributed by atoms with Crippen molar-refractivity contribution >= 4 is 11.3 Å². The number of aliphatic hydroxyl groups is 1. The van der Waals surface area contributed by atoms with Crippen molar-refractivity contribution in [3.05, 3.63) is 51.7 Å². The van der Waals surface area contributed by atoms with Gasteiger partial charge < -0.3 is 9.84 Å². The highest BCUT2D eigenvalue weighted by molar-refractivity contribution is 7.10. The monoisotopic (exact) mass is 274 g/mol. The first-order valence-electron chi connectivity index (χ1n) is 6.61. The minimum Gasteiger partial charge on any atom is -0.490 e. The van der Waals surface area contributed by atoms with Gasteiger partial charge in [-0.25, -0.2) is 0 Å². The second kappa shape index (κ2) is 4.66. The van der Waals surface area contributed by atoms with Crippen LogP contribution in [-0.2, 0) is 5.60 Å². The van der Waals surface area contributed by atoms with Gasteiger partial charge in [-0.1, -0.05) is 12.1 Å². The number of thiophene rings is 1. The normalized spacial score (nSPS) is 18.1. The highest BCUT2D eigenvalue weighted by Gasteiger charge is 2.29. The third-order valence-electron chi connectivity index (χ3n) is 3.53. The van der Waals surface area contributed by atoms with Gasteiger partial charge in [0.25, 0.3) is 0 Å². The maximum absolute atomic E-state index is 10.9. The zero-order chi connectivity index (χ0) is 13.5. The lowest BCUT2D eigenvalue weighted by Gasteiger charge is -2.24. The molecule has 2 aromatic rings.